The highest BCUT2D eigenvalue weighted by atomic mass is 16.5. The van der Waals surface area contributed by atoms with Crippen molar-refractivity contribution in [2.75, 3.05) is 10.6 Å². The summed E-state index contributed by atoms with van der Waals surface area (Å²) in [6, 6.07) is 15.4. The van der Waals surface area contributed by atoms with Crippen LogP contribution >= 0.6 is 0 Å². The van der Waals surface area contributed by atoms with Crippen LogP contribution in [0.4, 0.5) is 11.6 Å². The second-order valence-corrected chi connectivity index (χ2v) is 6.39. The van der Waals surface area contributed by atoms with Crippen LogP contribution in [0.3, 0.4) is 0 Å². The lowest BCUT2D eigenvalue weighted by Gasteiger charge is -2.11. The highest BCUT2D eigenvalue weighted by Gasteiger charge is 2.10. The quantitative estimate of drug-likeness (QED) is 0.461. The van der Waals surface area contributed by atoms with Gasteiger partial charge in [-0.25, -0.2) is 9.97 Å². The van der Waals surface area contributed by atoms with Crippen LogP contribution < -0.4 is 15.4 Å². The largest absolute Gasteiger partial charge is 0.457 e. The number of carbonyl (C=O) groups excluding carboxylic acids is 2. The summed E-state index contributed by atoms with van der Waals surface area (Å²) in [6.45, 7) is 3.45. The Hall–Kier alpha value is -4.59. The van der Waals surface area contributed by atoms with E-state index in [4.69, 9.17) is 4.74 Å². The minimum absolute atomic E-state index is 0.232. The molecule has 2 N–H and O–H groups in total. The van der Waals surface area contributed by atoms with Crippen molar-refractivity contribution in [2.45, 2.75) is 0 Å². The highest BCUT2D eigenvalue weighted by Crippen LogP contribution is 2.30. The zero-order valence-electron chi connectivity index (χ0n) is 16.3. The molecular formula is C23H17N5O3. The lowest BCUT2D eigenvalue weighted by molar-refractivity contribution is -0.111. The Bertz CT molecular complexity index is 1260. The first-order chi connectivity index (χ1) is 15.1. The molecule has 0 saturated carbocycles. The van der Waals surface area contributed by atoms with Gasteiger partial charge in [-0.05, 0) is 60.7 Å². The molecule has 0 aliphatic carbocycles. The number of rotatable bonds is 6. The van der Waals surface area contributed by atoms with E-state index in [0.717, 1.165) is 5.39 Å². The van der Waals surface area contributed by atoms with Gasteiger partial charge in [0.2, 0.25) is 11.9 Å². The molecule has 0 aliphatic heterocycles. The van der Waals surface area contributed by atoms with Gasteiger partial charge in [0, 0.05) is 35.2 Å². The van der Waals surface area contributed by atoms with Crippen molar-refractivity contribution in [3.63, 3.8) is 0 Å². The number of aromatic nitrogens is 3. The fourth-order valence-corrected chi connectivity index (χ4v) is 2.82. The standard InChI is InChI=1S/C23H17N5O3/c1-2-21(29)27-16-6-9-19-18(14-16)20(10-13-24-19)31-17-7-4-15(5-8-17)22(30)28-23-25-11-3-12-26-23/h2-14H,1H2,(H,27,29)(H,25,26,28,30). The summed E-state index contributed by atoms with van der Waals surface area (Å²) in [7, 11) is 0. The molecule has 8 heteroatoms. The molecule has 0 fully saturated rings. The maximum Gasteiger partial charge on any atom is 0.258 e. The lowest BCUT2D eigenvalue weighted by Crippen LogP contribution is -2.13. The predicted molar refractivity (Wildman–Crippen MR) is 117 cm³/mol. The number of fused-ring (bicyclic) bond motifs is 1. The number of nitrogens with zero attached hydrogens (tertiary/aromatic N) is 3. The van der Waals surface area contributed by atoms with Crippen molar-refractivity contribution in [3.05, 3.63) is 91.4 Å². The van der Waals surface area contributed by atoms with Crippen molar-refractivity contribution in [1.82, 2.24) is 15.0 Å². The number of ether oxygens (including phenoxy) is 1. The van der Waals surface area contributed by atoms with Crippen LogP contribution in [0.15, 0.2) is 85.8 Å². The number of pyridine rings is 1. The number of carbonyl (C=O) groups is 2. The topological polar surface area (TPSA) is 106 Å². The van der Waals surface area contributed by atoms with Crippen LogP contribution in [0.25, 0.3) is 10.9 Å². The van der Waals surface area contributed by atoms with Crippen LogP contribution in [-0.4, -0.2) is 26.8 Å². The fraction of sp³-hybridized carbons (Fsp3) is 0. The molecule has 4 aromatic rings. The van der Waals surface area contributed by atoms with Gasteiger partial charge in [-0.2, -0.15) is 0 Å². The summed E-state index contributed by atoms with van der Waals surface area (Å²) >= 11 is 0. The first-order valence-corrected chi connectivity index (χ1v) is 9.31. The smallest absolute Gasteiger partial charge is 0.258 e. The third-order valence-corrected chi connectivity index (χ3v) is 4.29. The van der Waals surface area contributed by atoms with Crippen LogP contribution in [0, 0.1) is 0 Å². The lowest BCUT2D eigenvalue weighted by atomic mass is 10.1. The summed E-state index contributed by atoms with van der Waals surface area (Å²) in [6.07, 6.45) is 5.94. The van der Waals surface area contributed by atoms with Gasteiger partial charge in [0.1, 0.15) is 11.5 Å². The first kappa shape index (κ1) is 19.7. The van der Waals surface area contributed by atoms with Crippen LogP contribution in [0.5, 0.6) is 11.5 Å². The second-order valence-electron chi connectivity index (χ2n) is 6.39. The molecular weight excluding hydrogens is 394 g/mol. The van der Waals surface area contributed by atoms with Crippen LogP contribution in [0.2, 0.25) is 0 Å². The average molecular weight is 411 g/mol. The van der Waals surface area contributed by atoms with Gasteiger partial charge in [-0.15, -0.1) is 0 Å². The highest BCUT2D eigenvalue weighted by molar-refractivity contribution is 6.03. The second kappa shape index (κ2) is 8.83. The molecule has 0 bridgehead atoms. The van der Waals surface area contributed by atoms with Crippen molar-refractivity contribution in [1.29, 1.82) is 0 Å². The summed E-state index contributed by atoms with van der Waals surface area (Å²) in [5.74, 6) is 0.709. The van der Waals surface area contributed by atoms with Gasteiger partial charge >= 0.3 is 0 Å². The van der Waals surface area contributed by atoms with Crippen molar-refractivity contribution in [3.8, 4) is 11.5 Å². The molecule has 2 aromatic heterocycles. The minimum Gasteiger partial charge on any atom is -0.457 e. The Kier molecular flexibility index (Phi) is 5.62. The monoisotopic (exact) mass is 411 g/mol. The maximum absolute atomic E-state index is 12.3. The Balaban J connectivity index is 1.53. The molecule has 8 nitrogen and oxygen atoms in total. The Morgan fingerprint density at radius 3 is 2.42 bits per heavy atom. The third-order valence-electron chi connectivity index (χ3n) is 4.29. The summed E-state index contributed by atoms with van der Waals surface area (Å²) in [5, 5.41) is 6.08. The number of nitrogens with one attached hydrogen (secondary N) is 2. The van der Waals surface area contributed by atoms with Gasteiger partial charge in [0.15, 0.2) is 0 Å². The van der Waals surface area contributed by atoms with E-state index in [1.807, 2.05) is 0 Å². The molecule has 2 aromatic carbocycles. The zero-order chi connectivity index (χ0) is 21.6. The molecule has 31 heavy (non-hydrogen) atoms. The molecule has 2 heterocycles. The van der Waals surface area contributed by atoms with E-state index in [1.54, 1.807) is 73.2 Å². The maximum atomic E-state index is 12.3. The molecule has 0 saturated heterocycles. The molecule has 2 amide bonds. The van der Waals surface area contributed by atoms with Gasteiger partial charge in [-0.3, -0.25) is 19.9 Å². The Labute approximate surface area is 177 Å². The molecule has 0 aliphatic rings. The number of anilines is 2. The third kappa shape index (κ3) is 4.70. The molecule has 0 radical (unpaired) electrons. The Morgan fingerprint density at radius 1 is 0.903 bits per heavy atom. The number of hydrogen-bond acceptors (Lipinski definition) is 6. The van der Waals surface area contributed by atoms with Crippen LogP contribution in [-0.2, 0) is 4.79 Å². The minimum atomic E-state index is -0.324. The SMILES string of the molecule is C=CC(=O)Nc1ccc2nccc(Oc3ccc(C(=O)Nc4ncccn4)cc3)c2c1. The zero-order valence-corrected chi connectivity index (χ0v) is 16.3. The van der Waals surface area contributed by atoms with Gasteiger partial charge in [0.25, 0.3) is 5.91 Å². The van der Waals surface area contributed by atoms with E-state index in [2.05, 4.69) is 32.2 Å². The molecule has 152 valence electrons. The van der Waals surface area contributed by atoms with Gasteiger partial charge < -0.3 is 10.1 Å². The van der Waals surface area contributed by atoms with Crippen LogP contribution in [0.1, 0.15) is 10.4 Å². The van der Waals surface area contributed by atoms with Crippen molar-refractivity contribution >= 4 is 34.4 Å². The number of amides is 2. The van der Waals surface area contributed by atoms with E-state index in [0.29, 0.717) is 28.3 Å². The number of hydrogen-bond donors (Lipinski definition) is 2. The predicted octanol–water partition coefficient (Wildman–Crippen LogP) is 4.19. The normalized spacial score (nSPS) is 10.3. The number of benzene rings is 2. The van der Waals surface area contributed by atoms with Crippen molar-refractivity contribution < 1.29 is 14.3 Å². The first-order valence-electron chi connectivity index (χ1n) is 9.31. The van der Waals surface area contributed by atoms with E-state index >= 15 is 0 Å². The fourth-order valence-electron chi connectivity index (χ4n) is 2.82. The van der Waals surface area contributed by atoms with E-state index < -0.39 is 0 Å². The average Bonchev–Trinajstić information content (AvgIpc) is 2.80. The van der Waals surface area contributed by atoms with E-state index in [1.165, 1.54) is 6.08 Å². The van der Waals surface area contributed by atoms with Crippen molar-refractivity contribution in [2.24, 2.45) is 0 Å². The van der Waals surface area contributed by atoms with E-state index in [-0.39, 0.29) is 17.8 Å². The van der Waals surface area contributed by atoms with Gasteiger partial charge in [-0.1, -0.05) is 6.58 Å². The summed E-state index contributed by atoms with van der Waals surface area (Å²) in [5.41, 5.74) is 1.76. The summed E-state index contributed by atoms with van der Waals surface area (Å²) < 4.78 is 6.00. The molecule has 0 unspecified atom stereocenters. The molecule has 0 spiro atoms. The summed E-state index contributed by atoms with van der Waals surface area (Å²) in [4.78, 5) is 36.2. The van der Waals surface area contributed by atoms with E-state index in [9.17, 15) is 9.59 Å². The Morgan fingerprint density at radius 2 is 1.68 bits per heavy atom. The molecule has 4 rings (SSSR count). The molecule has 0 atom stereocenters. The van der Waals surface area contributed by atoms with Gasteiger partial charge in [0.05, 0.1) is 5.52 Å².